The average molecular weight is 368 g/mol. The first-order valence-corrected chi connectivity index (χ1v) is 9.40. The van der Waals surface area contributed by atoms with Gasteiger partial charge in [0.05, 0.1) is 0 Å². The van der Waals surface area contributed by atoms with E-state index in [2.05, 4.69) is 49.6 Å². The lowest BCUT2D eigenvalue weighted by Crippen LogP contribution is -2.48. The number of anilines is 1. The Labute approximate surface area is 161 Å². The highest BCUT2D eigenvalue weighted by molar-refractivity contribution is 5.92. The molecule has 144 valence electrons. The van der Waals surface area contributed by atoms with Crippen molar-refractivity contribution in [1.29, 1.82) is 0 Å². The van der Waals surface area contributed by atoms with Crippen LogP contribution >= 0.6 is 0 Å². The molecule has 0 radical (unpaired) electrons. The Balaban J connectivity index is 1.47. The highest BCUT2D eigenvalue weighted by Gasteiger charge is 2.23. The maximum absolute atomic E-state index is 12.7. The molecule has 1 aromatic heterocycles. The number of carbonyl (C=O) groups excluding carboxylic acids is 1. The van der Waals surface area contributed by atoms with E-state index >= 15 is 0 Å². The van der Waals surface area contributed by atoms with Crippen molar-refractivity contribution in [2.75, 3.05) is 58.7 Å². The van der Waals surface area contributed by atoms with Gasteiger partial charge in [0, 0.05) is 45.8 Å². The maximum atomic E-state index is 12.7. The predicted molar refractivity (Wildman–Crippen MR) is 107 cm³/mol. The summed E-state index contributed by atoms with van der Waals surface area (Å²) in [5.41, 5.74) is 1.71. The fourth-order valence-corrected chi connectivity index (χ4v) is 3.06. The number of nitrogens with zero attached hydrogens (tertiary/aromatic N) is 5. The number of aromatic nitrogens is 2. The van der Waals surface area contributed by atoms with Crippen LogP contribution in [-0.4, -0.2) is 84.2 Å². The van der Waals surface area contributed by atoms with Crippen LogP contribution in [-0.2, 0) is 6.54 Å². The van der Waals surface area contributed by atoms with Crippen molar-refractivity contribution in [2.45, 2.75) is 6.54 Å². The Morgan fingerprint density at radius 1 is 1.04 bits per heavy atom. The molecule has 1 N–H and O–H groups in total. The Morgan fingerprint density at radius 2 is 1.78 bits per heavy atom. The summed E-state index contributed by atoms with van der Waals surface area (Å²) in [7, 11) is 4.05. The molecule has 0 aliphatic carbocycles. The van der Waals surface area contributed by atoms with Crippen LogP contribution in [0.25, 0.3) is 0 Å². The van der Waals surface area contributed by atoms with Gasteiger partial charge in [-0.15, -0.1) is 10.2 Å². The van der Waals surface area contributed by atoms with Crippen LogP contribution in [0.2, 0.25) is 0 Å². The highest BCUT2D eigenvalue weighted by Crippen LogP contribution is 2.11. The second-order valence-electron chi connectivity index (χ2n) is 7.09. The zero-order chi connectivity index (χ0) is 19.1. The zero-order valence-electron chi connectivity index (χ0n) is 16.1. The first-order valence-electron chi connectivity index (χ1n) is 9.40. The maximum Gasteiger partial charge on any atom is 0.274 e. The van der Waals surface area contributed by atoms with E-state index in [0.717, 1.165) is 45.8 Å². The Kier molecular flexibility index (Phi) is 6.73. The van der Waals surface area contributed by atoms with Gasteiger partial charge in [0.2, 0.25) is 0 Å². The van der Waals surface area contributed by atoms with Crippen molar-refractivity contribution < 1.29 is 4.79 Å². The van der Waals surface area contributed by atoms with Gasteiger partial charge in [-0.05, 0) is 31.8 Å². The van der Waals surface area contributed by atoms with E-state index < -0.39 is 0 Å². The predicted octanol–water partition coefficient (Wildman–Crippen LogP) is 1.41. The van der Waals surface area contributed by atoms with Gasteiger partial charge < -0.3 is 15.1 Å². The van der Waals surface area contributed by atoms with Crippen LogP contribution < -0.4 is 5.32 Å². The van der Waals surface area contributed by atoms with Gasteiger partial charge in [-0.2, -0.15) is 0 Å². The SMILES string of the molecule is CN(C)CCNc1ccc(C(=O)N2CCN(Cc3ccccc3)CC2)nn1. The molecular formula is C20H28N6O. The van der Waals surface area contributed by atoms with Crippen LogP contribution in [0.5, 0.6) is 0 Å². The fourth-order valence-electron chi connectivity index (χ4n) is 3.06. The molecule has 7 heteroatoms. The summed E-state index contributed by atoms with van der Waals surface area (Å²) < 4.78 is 0. The summed E-state index contributed by atoms with van der Waals surface area (Å²) in [6, 6.07) is 14.0. The molecule has 2 aromatic rings. The Hall–Kier alpha value is -2.51. The summed E-state index contributed by atoms with van der Waals surface area (Å²) in [5.74, 6) is 0.655. The molecule has 1 fully saturated rings. The number of likely N-dealkylation sites (N-methyl/N-ethyl adjacent to an activating group) is 1. The quantitative estimate of drug-likeness (QED) is 0.797. The van der Waals surface area contributed by atoms with E-state index in [-0.39, 0.29) is 5.91 Å². The third kappa shape index (κ3) is 5.74. The minimum atomic E-state index is -0.0401. The molecule has 0 atom stereocenters. The van der Waals surface area contributed by atoms with Crippen LogP contribution in [0.1, 0.15) is 16.1 Å². The van der Waals surface area contributed by atoms with Gasteiger partial charge >= 0.3 is 0 Å². The molecule has 1 saturated heterocycles. The van der Waals surface area contributed by atoms with Crippen molar-refractivity contribution in [3.63, 3.8) is 0 Å². The molecule has 27 heavy (non-hydrogen) atoms. The number of hydrogen-bond donors (Lipinski definition) is 1. The molecule has 1 aliphatic rings. The van der Waals surface area contributed by atoms with Crippen molar-refractivity contribution in [1.82, 2.24) is 24.9 Å². The van der Waals surface area contributed by atoms with Gasteiger partial charge in [0.15, 0.2) is 5.69 Å². The van der Waals surface area contributed by atoms with E-state index in [0.29, 0.717) is 11.5 Å². The number of piperazine rings is 1. The van der Waals surface area contributed by atoms with Crippen LogP contribution in [0.15, 0.2) is 42.5 Å². The first kappa shape index (κ1) is 19.3. The second kappa shape index (κ2) is 9.43. The number of hydrogen-bond acceptors (Lipinski definition) is 6. The van der Waals surface area contributed by atoms with Gasteiger partial charge in [-0.25, -0.2) is 0 Å². The zero-order valence-corrected chi connectivity index (χ0v) is 16.1. The van der Waals surface area contributed by atoms with Gasteiger partial charge in [-0.3, -0.25) is 9.69 Å². The van der Waals surface area contributed by atoms with Crippen molar-refractivity contribution >= 4 is 11.7 Å². The molecule has 0 bridgehead atoms. The van der Waals surface area contributed by atoms with Gasteiger partial charge in [0.1, 0.15) is 5.82 Å². The van der Waals surface area contributed by atoms with E-state index in [1.807, 2.05) is 31.1 Å². The minimum absolute atomic E-state index is 0.0401. The summed E-state index contributed by atoms with van der Waals surface area (Å²) in [4.78, 5) is 19.0. The third-order valence-corrected chi connectivity index (χ3v) is 4.66. The standard InChI is InChI=1S/C20H28N6O/c1-24(2)11-10-21-19-9-8-18(22-23-19)20(27)26-14-12-25(13-15-26)16-17-6-4-3-5-7-17/h3-9H,10-16H2,1-2H3,(H,21,23). The normalized spacial score (nSPS) is 15.1. The summed E-state index contributed by atoms with van der Waals surface area (Å²) in [5, 5.41) is 11.4. The van der Waals surface area contributed by atoms with Crippen LogP contribution in [0.4, 0.5) is 5.82 Å². The third-order valence-electron chi connectivity index (χ3n) is 4.66. The summed E-state index contributed by atoms with van der Waals surface area (Å²) in [6.45, 7) is 5.81. The molecule has 1 aromatic carbocycles. The summed E-state index contributed by atoms with van der Waals surface area (Å²) >= 11 is 0. The average Bonchev–Trinajstić information content (AvgIpc) is 2.69. The van der Waals surface area contributed by atoms with E-state index in [1.165, 1.54) is 5.56 Å². The molecule has 2 heterocycles. The molecule has 0 saturated carbocycles. The number of rotatable bonds is 7. The van der Waals surface area contributed by atoms with Gasteiger partial charge in [-0.1, -0.05) is 30.3 Å². The smallest absolute Gasteiger partial charge is 0.274 e. The highest BCUT2D eigenvalue weighted by atomic mass is 16.2. The minimum Gasteiger partial charge on any atom is -0.367 e. The number of benzene rings is 1. The van der Waals surface area contributed by atoms with E-state index in [4.69, 9.17) is 0 Å². The molecule has 3 rings (SSSR count). The number of carbonyl (C=O) groups is 1. The number of nitrogens with one attached hydrogen (secondary N) is 1. The first-order chi connectivity index (χ1) is 13.1. The fraction of sp³-hybridized carbons (Fsp3) is 0.450. The van der Waals surface area contributed by atoms with Crippen molar-refractivity contribution in [2.24, 2.45) is 0 Å². The molecular weight excluding hydrogens is 340 g/mol. The molecule has 1 aliphatic heterocycles. The molecule has 0 unspecified atom stereocenters. The monoisotopic (exact) mass is 368 g/mol. The lowest BCUT2D eigenvalue weighted by Gasteiger charge is -2.34. The van der Waals surface area contributed by atoms with Crippen LogP contribution in [0.3, 0.4) is 0 Å². The molecule has 1 amide bonds. The lowest BCUT2D eigenvalue weighted by atomic mass is 10.2. The second-order valence-corrected chi connectivity index (χ2v) is 7.09. The molecule has 0 spiro atoms. The van der Waals surface area contributed by atoms with Crippen LogP contribution in [0, 0.1) is 0 Å². The van der Waals surface area contributed by atoms with E-state index in [9.17, 15) is 4.79 Å². The van der Waals surface area contributed by atoms with Crippen molar-refractivity contribution in [3.05, 3.63) is 53.7 Å². The molecule has 7 nitrogen and oxygen atoms in total. The largest absolute Gasteiger partial charge is 0.367 e. The topological polar surface area (TPSA) is 64.6 Å². The van der Waals surface area contributed by atoms with Crippen molar-refractivity contribution in [3.8, 4) is 0 Å². The van der Waals surface area contributed by atoms with Gasteiger partial charge in [0.25, 0.3) is 5.91 Å². The lowest BCUT2D eigenvalue weighted by molar-refractivity contribution is 0.0621. The Bertz CT molecular complexity index is 711. The van der Waals surface area contributed by atoms with E-state index in [1.54, 1.807) is 6.07 Å². The summed E-state index contributed by atoms with van der Waals surface area (Å²) in [6.07, 6.45) is 0. The Morgan fingerprint density at radius 3 is 2.41 bits per heavy atom. The number of amides is 1.